The number of piperidine rings is 1. The number of hydrogen-bond acceptors (Lipinski definition) is 3. The summed E-state index contributed by atoms with van der Waals surface area (Å²) in [5.41, 5.74) is 3.82. The van der Waals surface area contributed by atoms with Crippen LogP contribution in [0.2, 0.25) is 0 Å². The number of nitrogens with one attached hydrogen (secondary N) is 1. The lowest BCUT2D eigenvalue weighted by Gasteiger charge is -2.33. The minimum atomic E-state index is 0.395. The first-order valence-electron chi connectivity index (χ1n) is 8.01. The molecule has 0 radical (unpaired) electrons. The molecule has 1 atom stereocenters. The molecule has 0 bridgehead atoms. The van der Waals surface area contributed by atoms with Gasteiger partial charge in [0.2, 0.25) is 0 Å². The second-order valence-electron chi connectivity index (χ2n) is 6.21. The lowest BCUT2D eigenvalue weighted by Crippen LogP contribution is -2.43. The fourth-order valence-electron chi connectivity index (χ4n) is 3.49. The number of nitrogens with zero attached hydrogens (tertiary/aromatic N) is 3. The van der Waals surface area contributed by atoms with E-state index in [1.807, 2.05) is 11.7 Å². The summed E-state index contributed by atoms with van der Waals surface area (Å²) < 4.78 is 1.99. The molecule has 0 aliphatic carbocycles. The van der Waals surface area contributed by atoms with Crippen molar-refractivity contribution in [3.8, 4) is 0 Å². The van der Waals surface area contributed by atoms with Crippen LogP contribution in [0, 0.1) is 13.8 Å². The molecule has 0 spiro atoms. The first-order valence-corrected chi connectivity index (χ1v) is 8.01. The smallest absolute Gasteiger partial charge is 0.0644 e. The zero-order chi connectivity index (χ0) is 14.7. The molecule has 2 rings (SSSR count). The van der Waals surface area contributed by atoms with E-state index < -0.39 is 0 Å². The average Bonchev–Trinajstić information content (AvgIpc) is 2.66. The van der Waals surface area contributed by atoms with E-state index in [4.69, 9.17) is 0 Å². The summed E-state index contributed by atoms with van der Waals surface area (Å²) in [7, 11) is 2.03. The van der Waals surface area contributed by atoms with Crippen LogP contribution in [-0.2, 0) is 7.05 Å². The Morgan fingerprint density at radius 3 is 2.45 bits per heavy atom. The minimum Gasteiger partial charge on any atom is -0.307 e. The molecule has 20 heavy (non-hydrogen) atoms. The van der Waals surface area contributed by atoms with E-state index in [0.717, 1.165) is 5.69 Å². The Morgan fingerprint density at radius 1 is 1.30 bits per heavy atom. The van der Waals surface area contributed by atoms with Gasteiger partial charge in [0.1, 0.15) is 0 Å². The van der Waals surface area contributed by atoms with Crippen LogP contribution in [0.15, 0.2) is 0 Å². The Hall–Kier alpha value is -0.870. The Bertz CT molecular complexity index is 430. The SMILES string of the molecule is CCCN1CCC(NC(C)c2c(C)nn(C)c2C)CC1. The summed E-state index contributed by atoms with van der Waals surface area (Å²) in [6.07, 6.45) is 3.80. The normalized spacial score (nSPS) is 19.4. The summed E-state index contributed by atoms with van der Waals surface area (Å²) in [6, 6.07) is 1.04. The van der Waals surface area contributed by atoms with Crippen LogP contribution in [-0.4, -0.2) is 40.4 Å². The van der Waals surface area contributed by atoms with Gasteiger partial charge in [0, 0.05) is 30.4 Å². The van der Waals surface area contributed by atoms with Gasteiger partial charge >= 0.3 is 0 Å². The molecule has 1 unspecified atom stereocenters. The highest BCUT2D eigenvalue weighted by atomic mass is 15.3. The first-order chi connectivity index (χ1) is 9.52. The van der Waals surface area contributed by atoms with E-state index in [-0.39, 0.29) is 0 Å². The Labute approximate surface area is 123 Å². The lowest BCUT2D eigenvalue weighted by molar-refractivity contribution is 0.192. The van der Waals surface area contributed by atoms with Gasteiger partial charge in [-0.15, -0.1) is 0 Å². The molecule has 1 saturated heterocycles. The van der Waals surface area contributed by atoms with E-state index in [9.17, 15) is 0 Å². The molecule has 114 valence electrons. The van der Waals surface area contributed by atoms with Gasteiger partial charge in [0.05, 0.1) is 5.69 Å². The quantitative estimate of drug-likeness (QED) is 0.898. The molecule has 1 aromatic heterocycles. The monoisotopic (exact) mass is 278 g/mol. The predicted octanol–water partition coefficient (Wildman–Crippen LogP) is 2.56. The zero-order valence-corrected chi connectivity index (χ0v) is 13.7. The van der Waals surface area contributed by atoms with Crippen molar-refractivity contribution < 1.29 is 0 Å². The number of likely N-dealkylation sites (tertiary alicyclic amines) is 1. The third-order valence-electron chi connectivity index (χ3n) is 4.61. The standard InChI is InChI=1S/C16H30N4/c1-6-9-20-10-7-15(8-11-20)17-12(2)16-13(3)18-19(5)14(16)4/h12,15,17H,6-11H2,1-5H3. The van der Waals surface area contributed by atoms with Crippen LogP contribution >= 0.6 is 0 Å². The van der Waals surface area contributed by atoms with E-state index in [1.165, 1.54) is 50.2 Å². The average molecular weight is 278 g/mol. The Morgan fingerprint density at radius 2 is 1.95 bits per heavy atom. The van der Waals surface area contributed by atoms with Crippen LogP contribution in [0.5, 0.6) is 0 Å². The lowest BCUT2D eigenvalue weighted by atomic mass is 10.0. The highest BCUT2D eigenvalue weighted by Gasteiger charge is 2.22. The van der Waals surface area contributed by atoms with Crippen molar-refractivity contribution in [1.29, 1.82) is 0 Å². The van der Waals surface area contributed by atoms with Crippen molar-refractivity contribution in [2.75, 3.05) is 19.6 Å². The minimum absolute atomic E-state index is 0.395. The molecular weight excluding hydrogens is 248 g/mol. The van der Waals surface area contributed by atoms with Crippen LogP contribution < -0.4 is 5.32 Å². The molecule has 0 aromatic carbocycles. The molecule has 0 amide bonds. The van der Waals surface area contributed by atoms with E-state index >= 15 is 0 Å². The van der Waals surface area contributed by atoms with Crippen LogP contribution in [0.25, 0.3) is 0 Å². The van der Waals surface area contributed by atoms with Gasteiger partial charge in [-0.1, -0.05) is 6.92 Å². The summed E-state index contributed by atoms with van der Waals surface area (Å²) in [5.74, 6) is 0. The van der Waals surface area contributed by atoms with Gasteiger partial charge in [-0.3, -0.25) is 4.68 Å². The Kier molecular flexibility index (Phi) is 5.22. The van der Waals surface area contributed by atoms with Gasteiger partial charge < -0.3 is 10.2 Å². The van der Waals surface area contributed by atoms with E-state index in [0.29, 0.717) is 12.1 Å². The third-order valence-corrected chi connectivity index (χ3v) is 4.61. The van der Waals surface area contributed by atoms with Crippen molar-refractivity contribution >= 4 is 0 Å². The van der Waals surface area contributed by atoms with Gasteiger partial charge in [0.25, 0.3) is 0 Å². The van der Waals surface area contributed by atoms with E-state index in [1.54, 1.807) is 0 Å². The Balaban J connectivity index is 1.91. The molecule has 0 saturated carbocycles. The second-order valence-corrected chi connectivity index (χ2v) is 6.21. The largest absolute Gasteiger partial charge is 0.307 e. The summed E-state index contributed by atoms with van der Waals surface area (Å²) in [6.45, 7) is 12.5. The van der Waals surface area contributed by atoms with Crippen LogP contribution in [0.4, 0.5) is 0 Å². The third kappa shape index (κ3) is 3.41. The summed E-state index contributed by atoms with van der Waals surface area (Å²) in [5, 5.41) is 8.34. The molecule has 1 aliphatic rings. The maximum Gasteiger partial charge on any atom is 0.0644 e. The number of aromatic nitrogens is 2. The van der Waals surface area contributed by atoms with Crippen LogP contribution in [0.1, 0.15) is 56.1 Å². The first kappa shape index (κ1) is 15.5. The second kappa shape index (κ2) is 6.72. The van der Waals surface area contributed by atoms with Crippen molar-refractivity contribution in [3.05, 3.63) is 17.0 Å². The fraction of sp³-hybridized carbons (Fsp3) is 0.812. The topological polar surface area (TPSA) is 33.1 Å². The number of hydrogen-bond donors (Lipinski definition) is 1. The molecular formula is C16H30N4. The van der Waals surface area contributed by atoms with Crippen LogP contribution in [0.3, 0.4) is 0 Å². The fourth-order valence-corrected chi connectivity index (χ4v) is 3.49. The molecule has 4 nitrogen and oxygen atoms in total. The van der Waals surface area contributed by atoms with Gasteiger partial charge in [-0.25, -0.2) is 0 Å². The van der Waals surface area contributed by atoms with E-state index in [2.05, 4.69) is 43.0 Å². The molecule has 4 heteroatoms. The van der Waals surface area contributed by atoms with Crippen molar-refractivity contribution in [2.24, 2.45) is 7.05 Å². The van der Waals surface area contributed by atoms with Gasteiger partial charge in [-0.05, 0) is 59.7 Å². The van der Waals surface area contributed by atoms with Crippen molar-refractivity contribution in [2.45, 2.75) is 59.0 Å². The molecule has 2 heterocycles. The molecule has 1 aliphatic heterocycles. The maximum atomic E-state index is 4.53. The van der Waals surface area contributed by atoms with Gasteiger partial charge in [-0.2, -0.15) is 5.10 Å². The van der Waals surface area contributed by atoms with Crippen molar-refractivity contribution in [1.82, 2.24) is 20.0 Å². The van der Waals surface area contributed by atoms with Gasteiger partial charge in [0.15, 0.2) is 0 Å². The molecule has 1 N–H and O–H groups in total. The molecule has 1 fully saturated rings. The van der Waals surface area contributed by atoms with Crippen molar-refractivity contribution in [3.63, 3.8) is 0 Å². The highest BCUT2D eigenvalue weighted by Crippen LogP contribution is 2.23. The number of rotatable bonds is 5. The predicted molar refractivity (Wildman–Crippen MR) is 84.0 cm³/mol. The maximum absolute atomic E-state index is 4.53. The zero-order valence-electron chi connectivity index (χ0n) is 13.7. The summed E-state index contributed by atoms with van der Waals surface area (Å²) >= 11 is 0. The molecule has 1 aromatic rings. The number of aryl methyl sites for hydroxylation is 2. The highest BCUT2D eigenvalue weighted by molar-refractivity contribution is 5.27. The summed E-state index contributed by atoms with van der Waals surface area (Å²) in [4.78, 5) is 2.59.